The molecular formula is C17H27N5O. The Kier molecular flexibility index (Phi) is 4.04. The van der Waals surface area contributed by atoms with Crippen LogP contribution in [-0.4, -0.2) is 59.5 Å². The number of anilines is 1. The highest BCUT2D eigenvalue weighted by molar-refractivity contribution is 5.91. The van der Waals surface area contributed by atoms with E-state index in [4.69, 9.17) is 0 Å². The van der Waals surface area contributed by atoms with Gasteiger partial charge in [0.2, 0.25) is 5.82 Å². The summed E-state index contributed by atoms with van der Waals surface area (Å²) in [6.07, 6.45) is 3.19. The molecule has 6 nitrogen and oxygen atoms in total. The van der Waals surface area contributed by atoms with Gasteiger partial charge in [0, 0.05) is 35.9 Å². The van der Waals surface area contributed by atoms with E-state index in [0.29, 0.717) is 11.9 Å². The van der Waals surface area contributed by atoms with Gasteiger partial charge in [-0.2, -0.15) is 0 Å². The van der Waals surface area contributed by atoms with E-state index < -0.39 is 0 Å². The number of likely N-dealkylation sites (N-methyl/N-ethyl adjacent to an activating group) is 1. The standard InChI is InChI=1S/C17H27N5O/c1-11-12(2)18-14(16(23)20-17(3)7-8-17)19-15(11)22-9-6-13(10-22)21(4)5/h13H,6-10H2,1-5H3,(H,20,23)/t13-/m1/s1. The number of nitrogens with zero attached hydrogens (tertiary/aromatic N) is 4. The van der Waals surface area contributed by atoms with Crippen molar-refractivity contribution in [3.8, 4) is 0 Å². The average molecular weight is 317 g/mol. The van der Waals surface area contributed by atoms with Crippen molar-refractivity contribution in [2.45, 2.75) is 51.6 Å². The van der Waals surface area contributed by atoms with Crippen molar-refractivity contribution in [3.05, 3.63) is 17.1 Å². The number of hydrogen-bond donors (Lipinski definition) is 1. The second-order valence-corrected chi connectivity index (χ2v) is 7.45. The van der Waals surface area contributed by atoms with Crippen molar-refractivity contribution in [3.63, 3.8) is 0 Å². The first-order valence-corrected chi connectivity index (χ1v) is 8.38. The molecule has 1 atom stereocenters. The molecule has 23 heavy (non-hydrogen) atoms. The van der Waals surface area contributed by atoms with Crippen LogP contribution < -0.4 is 10.2 Å². The van der Waals surface area contributed by atoms with E-state index in [-0.39, 0.29) is 11.4 Å². The summed E-state index contributed by atoms with van der Waals surface area (Å²) in [4.78, 5) is 26.0. The maximum absolute atomic E-state index is 12.4. The number of carbonyl (C=O) groups excluding carboxylic acids is 1. The molecule has 3 rings (SSSR count). The van der Waals surface area contributed by atoms with Crippen molar-refractivity contribution in [2.75, 3.05) is 32.1 Å². The number of nitrogens with one attached hydrogen (secondary N) is 1. The van der Waals surface area contributed by atoms with Crippen LogP contribution in [0.3, 0.4) is 0 Å². The molecule has 0 bridgehead atoms. The molecule has 0 radical (unpaired) electrons. The monoisotopic (exact) mass is 317 g/mol. The minimum Gasteiger partial charge on any atom is -0.355 e. The molecule has 6 heteroatoms. The molecular weight excluding hydrogens is 290 g/mol. The maximum Gasteiger partial charge on any atom is 0.289 e. The van der Waals surface area contributed by atoms with Gasteiger partial charge >= 0.3 is 0 Å². The highest BCUT2D eigenvalue weighted by Gasteiger charge is 2.39. The van der Waals surface area contributed by atoms with Gasteiger partial charge in [-0.3, -0.25) is 4.79 Å². The van der Waals surface area contributed by atoms with Crippen LogP contribution in [0.4, 0.5) is 5.82 Å². The predicted molar refractivity (Wildman–Crippen MR) is 90.9 cm³/mol. The fourth-order valence-corrected chi connectivity index (χ4v) is 3.02. The van der Waals surface area contributed by atoms with Crippen LogP contribution in [-0.2, 0) is 0 Å². The van der Waals surface area contributed by atoms with Gasteiger partial charge in [0.05, 0.1) is 0 Å². The zero-order valence-corrected chi connectivity index (χ0v) is 14.8. The Labute approximate surface area is 138 Å². The molecule has 2 heterocycles. The highest BCUT2D eigenvalue weighted by atomic mass is 16.2. The zero-order chi connectivity index (χ0) is 16.8. The first-order chi connectivity index (χ1) is 10.8. The van der Waals surface area contributed by atoms with Gasteiger partial charge in [0.25, 0.3) is 5.91 Å². The van der Waals surface area contributed by atoms with Crippen molar-refractivity contribution in [1.29, 1.82) is 0 Å². The molecule has 0 spiro atoms. The molecule has 0 aromatic carbocycles. The first-order valence-electron chi connectivity index (χ1n) is 8.38. The fourth-order valence-electron chi connectivity index (χ4n) is 3.02. The van der Waals surface area contributed by atoms with E-state index in [9.17, 15) is 4.79 Å². The lowest BCUT2D eigenvalue weighted by atomic mass is 10.2. The van der Waals surface area contributed by atoms with Gasteiger partial charge in [-0.15, -0.1) is 0 Å². The van der Waals surface area contributed by atoms with E-state index in [2.05, 4.69) is 46.1 Å². The number of carbonyl (C=O) groups is 1. The van der Waals surface area contributed by atoms with Crippen molar-refractivity contribution in [1.82, 2.24) is 20.2 Å². The predicted octanol–water partition coefficient (Wildman–Crippen LogP) is 1.52. The molecule has 1 aliphatic heterocycles. The molecule has 1 aromatic rings. The van der Waals surface area contributed by atoms with E-state index in [1.165, 1.54) is 0 Å². The van der Waals surface area contributed by atoms with Gasteiger partial charge < -0.3 is 15.1 Å². The summed E-state index contributed by atoms with van der Waals surface area (Å²) in [5.74, 6) is 1.05. The Morgan fingerprint density at radius 1 is 1.30 bits per heavy atom. The summed E-state index contributed by atoms with van der Waals surface area (Å²) in [7, 11) is 4.23. The van der Waals surface area contributed by atoms with Crippen LogP contribution in [0.15, 0.2) is 0 Å². The number of aryl methyl sites for hydroxylation is 1. The molecule has 1 aliphatic carbocycles. The van der Waals surface area contributed by atoms with Crippen LogP contribution in [0.1, 0.15) is 48.1 Å². The summed E-state index contributed by atoms with van der Waals surface area (Å²) in [6, 6.07) is 0.535. The highest BCUT2D eigenvalue weighted by Crippen LogP contribution is 2.34. The summed E-state index contributed by atoms with van der Waals surface area (Å²) in [6.45, 7) is 7.98. The fraction of sp³-hybridized carbons (Fsp3) is 0.706. The second kappa shape index (κ2) is 5.74. The average Bonchev–Trinajstić information content (AvgIpc) is 3.02. The normalized spacial score (nSPS) is 22.5. The quantitative estimate of drug-likeness (QED) is 0.912. The molecule has 2 fully saturated rings. The summed E-state index contributed by atoms with van der Waals surface area (Å²) < 4.78 is 0. The molecule has 126 valence electrons. The van der Waals surface area contributed by atoms with Crippen LogP contribution in [0.2, 0.25) is 0 Å². The third-order valence-corrected chi connectivity index (χ3v) is 5.18. The van der Waals surface area contributed by atoms with Crippen LogP contribution >= 0.6 is 0 Å². The molecule has 1 N–H and O–H groups in total. The third kappa shape index (κ3) is 3.32. The van der Waals surface area contributed by atoms with Crippen LogP contribution in [0.25, 0.3) is 0 Å². The Bertz CT molecular complexity index is 624. The SMILES string of the molecule is Cc1nc(C(=O)NC2(C)CC2)nc(N2CC[C@@H](N(C)C)C2)c1C. The lowest BCUT2D eigenvalue weighted by Gasteiger charge is -2.23. The largest absolute Gasteiger partial charge is 0.355 e. The Hall–Kier alpha value is -1.69. The van der Waals surface area contributed by atoms with Gasteiger partial charge in [0.15, 0.2) is 0 Å². The van der Waals surface area contributed by atoms with Crippen LogP contribution in [0.5, 0.6) is 0 Å². The van der Waals surface area contributed by atoms with Gasteiger partial charge in [-0.25, -0.2) is 9.97 Å². The lowest BCUT2D eigenvalue weighted by molar-refractivity contribution is 0.0924. The number of amides is 1. The number of hydrogen-bond acceptors (Lipinski definition) is 5. The molecule has 1 amide bonds. The van der Waals surface area contributed by atoms with Crippen molar-refractivity contribution in [2.24, 2.45) is 0 Å². The van der Waals surface area contributed by atoms with Crippen molar-refractivity contribution >= 4 is 11.7 Å². The minimum absolute atomic E-state index is 0.0525. The Morgan fingerprint density at radius 3 is 2.57 bits per heavy atom. The van der Waals surface area contributed by atoms with Gasteiger partial charge in [0.1, 0.15) is 5.82 Å². The molecule has 1 saturated heterocycles. The minimum atomic E-state index is -0.155. The summed E-state index contributed by atoms with van der Waals surface area (Å²) in [5.41, 5.74) is 1.90. The van der Waals surface area contributed by atoms with E-state index >= 15 is 0 Å². The summed E-state index contributed by atoms with van der Waals surface area (Å²) in [5, 5.41) is 3.05. The van der Waals surface area contributed by atoms with E-state index in [0.717, 1.165) is 49.4 Å². The maximum atomic E-state index is 12.4. The third-order valence-electron chi connectivity index (χ3n) is 5.18. The van der Waals surface area contributed by atoms with E-state index in [1.807, 2.05) is 13.8 Å². The number of rotatable bonds is 4. The lowest BCUT2D eigenvalue weighted by Crippen LogP contribution is -2.36. The topological polar surface area (TPSA) is 61.4 Å². The van der Waals surface area contributed by atoms with Gasteiger partial charge in [-0.1, -0.05) is 0 Å². The smallest absolute Gasteiger partial charge is 0.289 e. The van der Waals surface area contributed by atoms with E-state index in [1.54, 1.807) is 0 Å². The van der Waals surface area contributed by atoms with Gasteiger partial charge in [-0.05, 0) is 54.1 Å². The molecule has 0 unspecified atom stereocenters. The summed E-state index contributed by atoms with van der Waals surface area (Å²) >= 11 is 0. The zero-order valence-electron chi connectivity index (χ0n) is 14.8. The second-order valence-electron chi connectivity index (χ2n) is 7.45. The Morgan fingerprint density at radius 2 is 2.00 bits per heavy atom. The van der Waals surface area contributed by atoms with Crippen LogP contribution in [0, 0.1) is 13.8 Å². The van der Waals surface area contributed by atoms with Crippen molar-refractivity contribution < 1.29 is 4.79 Å². The molecule has 1 aromatic heterocycles. The molecule has 2 aliphatic rings. The number of aromatic nitrogens is 2. The Balaban J connectivity index is 1.84. The molecule has 1 saturated carbocycles. The first kappa shape index (κ1) is 16.2.